The molecular weight excluding hydrogens is 362 g/mol. The molecule has 0 fully saturated rings. The Morgan fingerprint density at radius 2 is 1.96 bits per heavy atom. The molecule has 0 spiro atoms. The molecule has 6 nitrogen and oxygen atoms in total. The van der Waals surface area contributed by atoms with E-state index in [0.717, 1.165) is 17.2 Å². The van der Waals surface area contributed by atoms with Gasteiger partial charge in [0.1, 0.15) is 24.3 Å². The summed E-state index contributed by atoms with van der Waals surface area (Å²) in [5, 5.41) is 4.13. The maximum atomic E-state index is 14.5. The molecule has 0 bridgehead atoms. The molecule has 146 valence electrons. The number of hydrazine groups is 1. The van der Waals surface area contributed by atoms with Crippen LogP contribution in [0.5, 0.6) is 0 Å². The van der Waals surface area contributed by atoms with Crippen molar-refractivity contribution in [3.05, 3.63) is 89.6 Å². The average Bonchev–Trinajstić information content (AvgIpc) is 3.20. The molecule has 2 unspecified atom stereocenters. The van der Waals surface area contributed by atoms with Gasteiger partial charge in [0.25, 0.3) is 0 Å². The minimum atomic E-state index is -0.603. The van der Waals surface area contributed by atoms with Crippen LogP contribution in [-0.2, 0) is 6.54 Å². The summed E-state index contributed by atoms with van der Waals surface area (Å²) in [7, 11) is 0. The van der Waals surface area contributed by atoms with Crippen LogP contribution < -0.4 is 17.0 Å². The van der Waals surface area contributed by atoms with Gasteiger partial charge in [-0.3, -0.25) is 10.5 Å². The van der Waals surface area contributed by atoms with Crippen molar-refractivity contribution in [2.24, 2.45) is 11.6 Å². The standard InChI is InChI=1S/C20H22F2N6/c1-13(14-2-4-15(5-3-14)20(23)9-26-24)18(10-28-12-25-11-27-28)17-7-6-16(21)8-19(17)22/h2-9,11-13,18,26H,10,23-24H2,1H3/b20-9-. The molecule has 8 heteroatoms. The van der Waals surface area contributed by atoms with Crippen LogP contribution in [0, 0.1) is 11.6 Å². The zero-order valence-electron chi connectivity index (χ0n) is 15.4. The zero-order valence-corrected chi connectivity index (χ0v) is 15.4. The third-order valence-electron chi connectivity index (χ3n) is 4.82. The van der Waals surface area contributed by atoms with Gasteiger partial charge >= 0.3 is 0 Å². The molecule has 1 heterocycles. The number of aromatic nitrogens is 3. The SMILES string of the molecule is CC(c1ccc(/C(N)=C/NN)cc1)C(Cn1cncn1)c1ccc(F)cc1F. The molecule has 2 aromatic carbocycles. The van der Waals surface area contributed by atoms with Crippen molar-refractivity contribution in [3.8, 4) is 0 Å². The molecule has 2 atom stereocenters. The molecule has 5 N–H and O–H groups in total. The number of benzene rings is 2. The van der Waals surface area contributed by atoms with E-state index in [-0.39, 0.29) is 11.8 Å². The van der Waals surface area contributed by atoms with Crippen molar-refractivity contribution in [1.29, 1.82) is 0 Å². The van der Waals surface area contributed by atoms with Gasteiger partial charge in [-0.05, 0) is 28.7 Å². The third-order valence-corrected chi connectivity index (χ3v) is 4.82. The van der Waals surface area contributed by atoms with E-state index in [2.05, 4.69) is 15.5 Å². The van der Waals surface area contributed by atoms with Crippen LogP contribution in [0.3, 0.4) is 0 Å². The number of halogens is 2. The van der Waals surface area contributed by atoms with E-state index in [1.807, 2.05) is 31.2 Å². The molecular formula is C20H22F2N6. The van der Waals surface area contributed by atoms with E-state index in [1.165, 1.54) is 24.7 Å². The molecule has 0 amide bonds. The largest absolute Gasteiger partial charge is 0.397 e. The molecule has 3 rings (SSSR count). The molecule has 28 heavy (non-hydrogen) atoms. The number of rotatable bonds is 7. The minimum absolute atomic E-state index is 0.0731. The molecule has 0 saturated heterocycles. The molecule has 1 aromatic heterocycles. The monoisotopic (exact) mass is 384 g/mol. The Morgan fingerprint density at radius 3 is 2.57 bits per heavy atom. The lowest BCUT2D eigenvalue weighted by Crippen LogP contribution is -2.18. The van der Waals surface area contributed by atoms with Gasteiger partial charge in [-0.2, -0.15) is 5.10 Å². The second-order valence-corrected chi connectivity index (χ2v) is 6.57. The predicted octanol–water partition coefficient (Wildman–Crippen LogP) is 2.86. The fourth-order valence-corrected chi connectivity index (χ4v) is 3.24. The molecule has 0 radical (unpaired) electrons. The van der Waals surface area contributed by atoms with E-state index in [0.29, 0.717) is 17.8 Å². The molecule has 0 aliphatic rings. The normalized spacial score (nSPS) is 13.9. The van der Waals surface area contributed by atoms with Crippen LogP contribution in [-0.4, -0.2) is 14.8 Å². The summed E-state index contributed by atoms with van der Waals surface area (Å²) in [6.45, 7) is 2.41. The first-order valence-corrected chi connectivity index (χ1v) is 8.79. The number of hydrogen-bond donors (Lipinski definition) is 3. The predicted molar refractivity (Wildman–Crippen MR) is 103 cm³/mol. The third kappa shape index (κ3) is 4.34. The van der Waals surface area contributed by atoms with Gasteiger partial charge in [0, 0.05) is 18.2 Å². The molecule has 0 aliphatic heterocycles. The highest BCUT2D eigenvalue weighted by atomic mass is 19.1. The summed E-state index contributed by atoms with van der Waals surface area (Å²) in [5.74, 6) is 3.73. The fourth-order valence-electron chi connectivity index (χ4n) is 3.24. The Hall–Kier alpha value is -3.26. The van der Waals surface area contributed by atoms with Gasteiger partial charge in [0.05, 0.1) is 12.2 Å². The Morgan fingerprint density at radius 1 is 1.21 bits per heavy atom. The molecule has 3 aromatic rings. The fraction of sp³-hybridized carbons (Fsp3) is 0.200. The van der Waals surface area contributed by atoms with Gasteiger partial charge in [0.2, 0.25) is 0 Å². The van der Waals surface area contributed by atoms with Crippen LogP contribution in [0.4, 0.5) is 8.78 Å². The van der Waals surface area contributed by atoms with Crippen molar-refractivity contribution >= 4 is 5.70 Å². The smallest absolute Gasteiger partial charge is 0.137 e. The maximum absolute atomic E-state index is 14.5. The van der Waals surface area contributed by atoms with Gasteiger partial charge < -0.3 is 11.2 Å². The van der Waals surface area contributed by atoms with Crippen molar-refractivity contribution in [2.75, 3.05) is 0 Å². The lowest BCUT2D eigenvalue weighted by molar-refractivity contribution is 0.441. The summed E-state index contributed by atoms with van der Waals surface area (Å²) < 4.78 is 29.6. The zero-order chi connectivity index (χ0) is 20.1. The van der Waals surface area contributed by atoms with Crippen molar-refractivity contribution in [1.82, 2.24) is 20.2 Å². The summed E-state index contributed by atoms with van der Waals surface area (Å²) in [6, 6.07) is 11.3. The van der Waals surface area contributed by atoms with Crippen molar-refractivity contribution < 1.29 is 8.78 Å². The highest BCUT2D eigenvalue weighted by Crippen LogP contribution is 2.35. The van der Waals surface area contributed by atoms with Gasteiger partial charge in [-0.1, -0.05) is 37.3 Å². The number of nitrogens with zero attached hydrogens (tertiary/aromatic N) is 3. The van der Waals surface area contributed by atoms with Crippen LogP contribution in [0.2, 0.25) is 0 Å². The number of nitrogens with two attached hydrogens (primary N) is 2. The second kappa shape index (κ2) is 8.62. The summed E-state index contributed by atoms with van der Waals surface area (Å²) in [5.41, 5.74) is 11.1. The Kier molecular flexibility index (Phi) is 6.00. The lowest BCUT2D eigenvalue weighted by Gasteiger charge is -2.25. The van der Waals surface area contributed by atoms with Crippen LogP contribution in [0.1, 0.15) is 35.4 Å². The first kappa shape index (κ1) is 19.5. The molecule has 0 aliphatic carbocycles. The second-order valence-electron chi connectivity index (χ2n) is 6.57. The topological polar surface area (TPSA) is 94.8 Å². The average molecular weight is 384 g/mol. The van der Waals surface area contributed by atoms with Gasteiger partial charge in [-0.15, -0.1) is 0 Å². The highest BCUT2D eigenvalue weighted by Gasteiger charge is 2.25. The van der Waals surface area contributed by atoms with Crippen LogP contribution in [0.15, 0.2) is 61.3 Å². The van der Waals surface area contributed by atoms with E-state index >= 15 is 0 Å². The van der Waals surface area contributed by atoms with E-state index < -0.39 is 11.6 Å². The summed E-state index contributed by atoms with van der Waals surface area (Å²) in [6.07, 6.45) is 4.51. The minimum Gasteiger partial charge on any atom is -0.397 e. The van der Waals surface area contributed by atoms with E-state index in [9.17, 15) is 8.78 Å². The van der Waals surface area contributed by atoms with Crippen LogP contribution >= 0.6 is 0 Å². The Labute approximate surface area is 161 Å². The maximum Gasteiger partial charge on any atom is 0.137 e. The summed E-state index contributed by atoms with van der Waals surface area (Å²) >= 11 is 0. The molecule has 0 saturated carbocycles. The first-order chi connectivity index (χ1) is 13.5. The summed E-state index contributed by atoms with van der Waals surface area (Å²) in [4.78, 5) is 3.95. The Bertz CT molecular complexity index is 938. The Balaban J connectivity index is 1.94. The number of nitrogens with one attached hydrogen (secondary N) is 1. The van der Waals surface area contributed by atoms with Crippen LogP contribution in [0.25, 0.3) is 5.70 Å². The first-order valence-electron chi connectivity index (χ1n) is 8.79. The van der Waals surface area contributed by atoms with E-state index in [1.54, 1.807) is 11.0 Å². The highest BCUT2D eigenvalue weighted by molar-refractivity contribution is 5.62. The van der Waals surface area contributed by atoms with Crippen molar-refractivity contribution in [3.63, 3.8) is 0 Å². The number of hydrogen-bond acceptors (Lipinski definition) is 5. The van der Waals surface area contributed by atoms with Gasteiger partial charge in [0.15, 0.2) is 0 Å². The lowest BCUT2D eigenvalue weighted by atomic mass is 9.82. The quantitative estimate of drug-likeness (QED) is 0.430. The van der Waals surface area contributed by atoms with Gasteiger partial charge in [-0.25, -0.2) is 13.8 Å². The van der Waals surface area contributed by atoms with E-state index in [4.69, 9.17) is 11.6 Å². The van der Waals surface area contributed by atoms with Crippen molar-refractivity contribution in [2.45, 2.75) is 25.3 Å².